The smallest absolute Gasteiger partial charge is 0.259 e. The van der Waals surface area contributed by atoms with Gasteiger partial charge in [0.25, 0.3) is 5.91 Å². The second-order valence-corrected chi connectivity index (χ2v) is 5.48. The summed E-state index contributed by atoms with van der Waals surface area (Å²) >= 11 is 0. The number of hydrogen-bond acceptors (Lipinski definition) is 3. The second-order valence-electron chi connectivity index (χ2n) is 5.48. The molecule has 0 atom stereocenters. The van der Waals surface area contributed by atoms with Gasteiger partial charge in [-0.3, -0.25) is 9.89 Å². The number of hydrogen-bond donors (Lipinski definition) is 2. The van der Waals surface area contributed by atoms with Crippen LogP contribution in [-0.4, -0.2) is 34.1 Å². The molecule has 1 aliphatic rings. The number of nitrogen functional groups attached to an aromatic ring is 1. The van der Waals surface area contributed by atoms with Gasteiger partial charge in [0.05, 0.1) is 0 Å². The van der Waals surface area contributed by atoms with Crippen molar-refractivity contribution >= 4 is 11.7 Å². The topological polar surface area (TPSA) is 75.0 Å². The van der Waals surface area contributed by atoms with Crippen LogP contribution in [0.2, 0.25) is 0 Å². The van der Waals surface area contributed by atoms with Crippen molar-refractivity contribution in [3.8, 4) is 0 Å². The first-order valence-electron chi connectivity index (χ1n) is 6.60. The van der Waals surface area contributed by atoms with Crippen molar-refractivity contribution in [2.75, 3.05) is 18.8 Å². The molecular formula is C13H22N4O. The molecule has 0 spiro atoms. The van der Waals surface area contributed by atoms with E-state index in [4.69, 9.17) is 5.73 Å². The van der Waals surface area contributed by atoms with Gasteiger partial charge in [0.1, 0.15) is 5.56 Å². The van der Waals surface area contributed by atoms with Crippen LogP contribution in [0.15, 0.2) is 0 Å². The fourth-order valence-electron chi connectivity index (χ4n) is 2.65. The van der Waals surface area contributed by atoms with Crippen molar-refractivity contribution < 1.29 is 4.79 Å². The van der Waals surface area contributed by atoms with Crippen molar-refractivity contribution in [1.82, 2.24) is 15.1 Å². The number of aromatic nitrogens is 2. The Balaban J connectivity index is 2.04. The molecule has 1 aromatic heterocycles. The van der Waals surface area contributed by atoms with Crippen molar-refractivity contribution in [2.24, 2.45) is 11.8 Å². The largest absolute Gasteiger partial charge is 0.382 e. The number of carbonyl (C=O) groups excluding carboxylic acids is 1. The van der Waals surface area contributed by atoms with Crippen LogP contribution < -0.4 is 5.73 Å². The van der Waals surface area contributed by atoms with Gasteiger partial charge in [0, 0.05) is 18.8 Å². The van der Waals surface area contributed by atoms with Gasteiger partial charge < -0.3 is 10.6 Å². The predicted octanol–water partition coefficient (Wildman–Crippen LogP) is 1.81. The molecule has 2 rings (SSSR count). The lowest BCUT2D eigenvalue weighted by Gasteiger charge is -2.33. The lowest BCUT2D eigenvalue weighted by molar-refractivity contribution is 0.0668. The molecule has 1 fully saturated rings. The number of aryl methyl sites for hydroxylation is 1. The van der Waals surface area contributed by atoms with Crippen LogP contribution in [0.5, 0.6) is 0 Å². The molecule has 0 aromatic carbocycles. The molecule has 1 amide bonds. The van der Waals surface area contributed by atoms with E-state index in [-0.39, 0.29) is 5.91 Å². The molecule has 1 saturated heterocycles. The maximum atomic E-state index is 12.4. The summed E-state index contributed by atoms with van der Waals surface area (Å²) in [5.74, 6) is 1.75. The monoisotopic (exact) mass is 250 g/mol. The SMILES string of the molecule is Cc1[nH]nc(N)c1C(=O)N1CCC(C(C)C)CC1. The highest BCUT2D eigenvalue weighted by molar-refractivity contribution is 5.99. The Kier molecular flexibility index (Phi) is 3.59. The second kappa shape index (κ2) is 5.00. The molecule has 5 nitrogen and oxygen atoms in total. The third-order valence-electron chi connectivity index (χ3n) is 3.96. The van der Waals surface area contributed by atoms with Crippen LogP contribution in [0.3, 0.4) is 0 Å². The number of rotatable bonds is 2. The van der Waals surface area contributed by atoms with Crippen LogP contribution in [0.25, 0.3) is 0 Å². The maximum absolute atomic E-state index is 12.4. The van der Waals surface area contributed by atoms with E-state index < -0.39 is 0 Å². The van der Waals surface area contributed by atoms with Crippen molar-refractivity contribution in [2.45, 2.75) is 33.6 Å². The molecule has 100 valence electrons. The van der Waals surface area contributed by atoms with E-state index in [1.165, 1.54) is 0 Å². The minimum Gasteiger partial charge on any atom is -0.382 e. The summed E-state index contributed by atoms with van der Waals surface area (Å²) in [7, 11) is 0. The first-order valence-corrected chi connectivity index (χ1v) is 6.60. The number of anilines is 1. The van der Waals surface area contributed by atoms with Gasteiger partial charge in [-0.1, -0.05) is 13.8 Å². The minimum absolute atomic E-state index is 0.0148. The average molecular weight is 250 g/mol. The fourth-order valence-corrected chi connectivity index (χ4v) is 2.65. The van der Waals surface area contributed by atoms with Gasteiger partial charge in [-0.2, -0.15) is 5.10 Å². The zero-order valence-corrected chi connectivity index (χ0v) is 11.4. The van der Waals surface area contributed by atoms with Crippen LogP contribution >= 0.6 is 0 Å². The average Bonchev–Trinajstić information content (AvgIpc) is 2.68. The summed E-state index contributed by atoms with van der Waals surface area (Å²) in [4.78, 5) is 14.3. The Morgan fingerprint density at radius 3 is 2.50 bits per heavy atom. The molecule has 0 unspecified atom stereocenters. The molecule has 0 bridgehead atoms. The van der Waals surface area contributed by atoms with Crippen LogP contribution in [0.4, 0.5) is 5.82 Å². The molecule has 2 heterocycles. The lowest BCUT2D eigenvalue weighted by atomic mass is 9.86. The van der Waals surface area contributed by atoms with E-state index >= 15 is 0 Å². The number of H-pyrrole nitrogens is 1. The minimum atomic E-state index is 0.0148. The van der Waals surface area contributed by atoms with Gasteiger partial charge in [-0.05, 0) is 31.6 Å². The van der Waals surface area contributed by atoms with Crippen LogP contribution in [0, 0.1) is 18.8 Å². The van der Waals surface area contributed by atoms with Crippen molar-refractivity contribution in [3.05, 3.63) is 11.3 Å². The van der Waals surface area contributed by atoms with Crippen molar-refractivity contribution in [3.63, 3.8) is 0 Å². The molecule has 18 heavy (non-hydrogen) atoms. The third-order valence-corrected chi connectivity index (χ3v) is 3.96. The zero-order chi connectivity index (χ0) is 13.3. The summed E-state index contributed by atoms with van der Waals surface area (Å²) in [5, 5.41) is 6.64. The van der Waals surface area contributed by atoms with E-state index in [0.29, 0.717) is 17.3 Å². The molecule has 0 aliphatic carbocycles. The number of nitrogens with one attached hydrogen (secondary N) is 1. The predicted molar refractivity (Wildman–Crippen MR) is 71.2 cm³/mol. The summed E-state index contributed by atoms with van der Waals surface area (Å²) < 4.78 is 0. The number of nitrogens with two attached hydrogens (primary N) is 1. The lowest BCUT2D eigenvalue weighted by Crippen LogP contribution is -2.39. The Morgan fingerprint density at radius 1 is 1.44 bits per heavy atom. The standard InChI is InChI=1S/C13H22N4O/c1-8(2)10-4-6-17(7-5-10)13(18)11-9(3)15-16-12(11)14/h8,10H,4-7H2,1-3H3,(H3,14,15,16). The highest BCUT2D eigenvalue weighted by Crippen LogP contribution is 2.26. The highest BCUT2D eigenvalue weighted by Gasteiger charge is 2.27. The van der Waals surface area contributed by atoms with E-state index in [1.807, 2.05) is 11.8 Å². The number of nitrogens with zero attached hydrogens (tertiary/aromatic N) is 2. The molecular weight excluding hydrogens is 228 g/mol. The van der Waals surface area contributed by atoms with E-state index in [2.05, 4.69) is 24.0 Å². The highest BCUT2D eigenvalue weighted by atomic mass is 16.2. The molecule has 0 saturated carbocycles. The quantitative estimate of drug-likeness (QED) is 0.840. The van der Waals surface area contributed by atoms with E-state index in [1.54, 1.807) is 0 Å². The Bertz CT molecular complexity index is 411. The van der Waals surface area contributed by atoms with Gasteiger partial charge in [-0.25, -0.2) is 0 Å². The zero-order valence-electron chi connectivity index (χ0n) is 11.4. The normalized spacial score (nSPS) is 17.4. The molecule has 5 heteroatoms. The summed E-state index contributed by atoms with van der Waals surface area (Å²) in [6, 6.07) is 0. The first kappa shape index (κ1) is 12.9. The van der Waals surface area contributed by atoms with E-state index in [9.17, 15) is 4.79 Å². The Morgan fingerprint density at radius 2 is 2.06 bits per heavy atom. The van der Waals surface area contributed by atoms with Gasteiger partial charge in [0.15, 0.2) is 5.82 Å². The molecule has 1 aliphatic heterocycles. The third kappa shape index (κ3) is 2.35. The van der Waals surface area contributed by atoms with Gasteiger partial charge >= 0.3 is 0 Å². The fraction of sp³-hybridized carbons (Fsp3) is 0.692. The van der Waals surface area contributed by atoms with Gasteiger partial charge in [-0.15, -0.1) is 0 Å². The summed E-state index contributed by atoms with van der Waals surface area (Å²) in [6.45, 7) is 7.98. The van der Waals surface area contributed by atoms with Crippen LogP contribution in [-0.2, 0) is 0 Å². The van der Waals surface area contributed by atoms with E-state index in [0.717, 1.165) is 37.5 Å². The van der Waals surface area contributed by atoms with Crippen LogP contribution in [0.1, 0.15) is 42.7 Å². The number of carbonyl (C=O) groups is 1. The Hall–Kier alpha value is -1.52. The molecule has 0 radical (unpaired) electrons. The van der Waals surface area contributed by atoms with Gasteiger partial charge in [0.2, 0.25) is 0 Å². The maximum Gasteiger partial charge on any atom is 0.259 e. The molecule has 1 aromatic rings. The number of likely N-dealkylation sites (tertiary alicyclic amines) is 1. The number of aromatic amines is 1. The van der Waals surface area contributed by atoms with Crippen molar-refractivity contribution in [1.29, 1.82) is 0 Å². The Labute approximate surface area is 108 Å². The first-order chi connectivity index (χ1) is 8.50. The summed E-state index contributed by atoms with van der Waals surface area (Å²) in [5.41, 5.74) is 7.03. The summed E-state index contributed by atoms with van der Waals surface area (Å²) in [6.07, 6.45) is 2.17. The number of amides is 1. The molecule has 3 N–H and O–H groups in total. The number of piperidine rings is 1.